The zero-order chi connectivity index (χ0) is 12.8. The van der Waals surface area contributed by atoms with Crippen molar-refractivity contribution in [1.29, 1.82) is 0 Å². The molecule has 0 fully saturated rings. The molecule has 96 valence electrons. The van der Waals surface area contributed by atoms with Gasteiger partial charge in [0.1, 0.15) is 0 Å². The van der Waals surface area contributed by atoms with Crippen LogP contribution in [0.4, 0.5) is 0 Å². The average molecular weight is 241 g/mol. The molecule has 0 amide bonds. The second-order valence-electron chi connectivity index (χ2n) is 4.20. The third-order valence-corrected chi connectivity index (χ3v) is 2.40. The smallest absolute Gasteiger partial charge is 0.373 e. The van der Waals surface area contributed by atoms with E-state index in [9.17, 15) is 4.79 Å². The van der Waals surface area contributed by atoms with E-state index in [1.807, 2.05) is 13.8 Å². The van der Waals surface area contributed by atoms with Gasteiger partial charge in [-0.2, -0.15) is 0 Å². The van der Waals surface area contributed by atoms with Gasteiger partial charge in [-0.15, -0.1) is 0 Å². The van der Waals surface area contributed by atoms with Gasteiger partial charge in [0.05, 0.1) is 5.69 Å². The molecule has 0 aliphatic carbocycles. The molecular formula is C12H19NO4. The van der Waals surface area contributed by atoms with E-state index in [-0.39, 0.29) is 11.7 Å². The van der Waals surface area contributed by atoms with Gasteiger partial charge in [-0.3, -0.25) is 0 Å². The number of carboxylic acids is 1. The number of aromatic carboxylic acids is 1. The molecule has 1 N–H and O–H groups in total. The number of hydrogen-bond acceptors (Lipinski definition) is 4. The fraction of sp³-hybridized carbons (Fsp3) is 0.667. The van der Waals surface area contributed by atoms with Crippen LogP contribution in [0.25, 0.3) is 0 Å². The maximum atomic E-state index is 11.0. The van der Waals surface area contributed by atoms with Gasteiger partial charge in [0.25, 0.3) is 0 Å². The van der Waals surface area contributed by atoms with Gasteiger partial charge in [-0.1, -0.05) is 20.3 Å². The van der Waals surface area contributed by atoms with E-state index < -0.39 is 5.97 Å². The lowest BCUT2D eigenvalue weighted by molar-refractivity contribution is 0.0657. The molecule has 1 unspecified atom stereocenters. The van der Waals surface area contributed by atoms with Crippen LogP contribution >= 0.6 is 0 Å². The summed E-state index contributed by atoms with van der Waals surface area (Å²) in [6.07, 6.45) is 2.07. The van der Waals surface area contributed by atoms with Crippen molar-refractivity contribution in [3.8, 4) is 0 Å². The number of oxazole rings is 1. The number of rotatable bonds is 7. The van der Waals surface area contributed by atoms with E-state index in [0.29, 0.717) is 31.0 Å². The van der Waals surface area contributed by atoms with Crippen molar-refractivity contribution >= 4 is 5.97 Å². The standard InChI is InChI=1S/C12H19NO4/c1-4-5-9-11(12(14)15)17-10(13-9)6-8(2)7-16-3/h8H,4-7H2,1-3H3,(H,14,15). The van der Waals surface area contributed by atoms with Crippen LogP contribution in [0, 0.1) is 5.92 Å². The molecule has 5 nitrogen and oxygen atoms in total. The molecule has 17 heavy (non-hydrogen) atoms. The van der Waals surface area contributed by atoms with Crippen LogP contribution in [0.15, 0.2) is 4.42 Å². The zero-order valence-electron chi connectivity index (χ0n) is 10.5. The van der Waals surface area contributed by atoms with Crippen molar-refractivity contribution in [1.82, 2.24) is 4.98 Å². The third-order valence-electron chi connectivity index (χ3n) is 2.40. The third kappa shape index (κ3) is 3.85. The van der Waals surface area contributed by atoms with Crippen LogP contribution in [-0.4, -0.2) is 29.8 Å². The highest BCUT2D eigenvalue weighted by molar-refractivity contribution is 5.85. The van der Waals surface area contributed by atoms with Crippen LogP contribution in [0.1, 0.15) is 42.4 Å². The van der Waals surface area contributed by atoms with Gasteiger partial charge < -0.3 is 14.3 Å². The van der Waals surface area contributed by atoms with Gasteiger partial charge >= 0.3 is 5.97 Å². The van der Waals surface area contributed by atoms with E-state index in [1.54, 1.807) is 7.11 Å². The first-order chi connectivity index (χ1) is 8.08. The quantitative estimate of drug-likeness (QED) is 0.791. The van der Waals surface area contributed by atoms with Crippen molar-refractivity contribution in [3.63, 3.8) is 0 Å². The molecule has 0 saturated heterocycles. The molecule has 1 aromatic heterocycles. The molecule has 0 bridgehead atoms. The van der Waals surface area contributed by atoms with Crippen molar-refractivity contribution in [2.75, 3.05) is 13.7 Å². The highest BCUT2D eigenvalue weighted by Gasteiger charge is 2.19. The molecule has 0 spiro atoms. The SMILES string of the molecule is CCCc1nc(CC(C)COC)oc1C(=O)O. The fourth-order valence-electron chi connectivity index (χ4n) is 1.70. The van der Waals surface area contributed by atoms with Crippen molar-refractivity contribution in [3.05, 3.63) is 17.3 Å². The van der Waals surface area contributed by atoms with Crippen LogP contribution < -0.4 is 0 Å². The topological polar surface area (TPSA) is 72.6 Å². The molecule has 0 aliphatic rings. The number of aromatic nitrogens is 1. The maximum absolute atomic E-state index is 11.0. The molecule has 0 radical (unpaired) electrons. The molecule has 5 heteroatoms. The van der Waals surface area contributed by atoms with Crippen LogP contribution in [0.3, 0.4) is 0 Å². The second kappa shape index (κ2) is 6.39. The predicted octanol–water partition coefficient (Wildman–Crippen LogP) is 2.15. The molecule has 0 aliphatic heterocycles. The minimum atomic E-state index is -1.05. The van der Waals surface area contributed by atoms with E-state index in [2.05, 4.69) is 4.98 Å². The Morgan fingerprint density at radius 3 is 2.82 bits per heavy atom. The van der Waals surface area contributed by atoms with Crippen molar-refractivity contribution in [2.45, 2.75) is 33.1 Å². The molecule has 0 saturated carbocycles. The number of methoxy groups -OCH3 is 1. The van der Waals surface area contributed by atoms with Crippen molar-refractivity contribution in [2.24, 2.45) is 5.92 Å². The Balaban J connectivity index is 2.80. The van der Waals surface area contributed by atoms with Gasteiger partial charge in [0.2, 0.25) is 5.76 Å². The number of nitrogens with zero attached hydrogens (tertiary/aromatic N) is 1. The first-order valence-electron chi connectivity index (χ1n) is 5.79. The van der Waals surface area contributed by atoms with Gasteiger partial charge in [-0.25, -0.2) is 9.78 Å². The van der Waals surface area contributed by atoms with E-state index in [0.717, 1.165) is 6.42 Å². The summed E-state index contributed by atoms with van der Waals surface area (Å²) >= 11 is 0. The molecular weight excluding hydrogens is 222 g/mol. The van der Waals surface area contributed by atoms with Gasteiger partial charge in [0.15, 0.2) is 5.89 Å². The Hall–Kier alpha value is -1.36. The number of carbonyl (C=O) groups is 1. The first kappa shape index (κ1) is 13.7. The first-order valence-corrected chi connectivity index (χ1v) is 5.79. The van der Waals surface area contributed by atoms with Crippen LogP contribution in [0.5, 0.6) is 0 Å². The summed E-state index contributed by atoms with van der Waals surface area (Å²) < 4.78 is 10.3. The van der Waals surface area contributed by atoms with Gasteiger partial charge in [0, 0.05) is 20.1 Å². The zero-order valence-corrected chi connectivity index (χ0v) is 10.5. The summed E-state index contributed by atoms with van der Waals surface area (Å²) in [7, 11) is 1.64. The number of carboxylic acid groups (broad SMARTS) is 1. The van der Waals surface area contributed by atoms with E-state index in [1.165, 1.54) is 0 Å². The molecule has 1 aromatic rings. The molecule has 1 rings (SSSR count). The summed E-state index contributed by atoms with van der Waals surface area (Å²) in [5, 5.41) is 8.98. The summed E-state index contributed by atoms with van der Waals surface area (Å²) in [6, 6.07) is 0. The predicted molar refractivity (Wildman–Crippen MR) is 62.2 cm³/mol. The Morgan fingerprint density at radius 2 is 2.29 bits per heavy atom. The number of hydrogen-bond donors (Lipinski definition) is 1. The molecule has 1 atom stereocenters. The lowest BCUT2D eigenvalue weighted by Gasteiger charge is -2.05. The lowest BCUT2D eigenvalue weighted by Crippen LogP contribution is -2.07. The van der Waals surface area contributed by atoms with Crippen molar-refractivity contribution < 1.29 is 19.1 Å². The minimum absolute atomic E-state index is 0.0218. The normalized spacial score (nSPS) is 12.6. The Labute approximate surface area is 101 Å². The monoisotopic (exact) mass is 241 g/mol. The van der Waals surface area contributed by atoms with Crippen LogP contribution in [-0.2, 0) is 17.6 Å². The highest BCUT2D eigenvalue weighted by atomic mass is 16.5. The summed E-state index contributed by atoms with van der Waals surface area (Å²) in [6.45, 7) is 4.59. The van der Waals surface area contributed by atoms with Crippen LogP contribution in [0.2, 0.25) is 0 Å². The summed E-state index contributed by atoms with van der Waals surface area (Å²) in [4.78, 5) is 15.2. The largest absolute Gasteiger partial charge is 0.475 e. The molecule has 1 heterocycles. The maximum Gasteiger partial charge on any atom is 0.373 e. The highest BCUT2D eigenvalue weighted by Crippen LogP contribution is 2.16. The van der Waals surface area contributed by atoms with Gasteiger partial charge in [-0.05, 0) is 12.3 Å². The van der Waals surface area contributed by atoms with E-state index >= 15 is 0 Å². The Morgan fingerprint density at radius 1 is 1.59 bits per heavy atom. The Kier molecular flexibility index (Phi) is 5.15. The molecule has 0 aromatic carbocycles. The average Bonchev–Trinajstić information content (AvgIpc) is 2.62. The van der Waals surface area contributed by atoms with E-state index in [4.69, 9.17) is 14.3 Å². The summed E-state index contributed by atoms with van der Waals surface area (Å²) in [5.41, 5.74) is 0.541. The number of aryl methyl sites for hydroxylation is 1. The lowest BCUT2D eigenvalue weighted by atomic mass is 10.1. The number of ether oxygens (including phenoxy) is 1. The minimum Gasteiger partial charge on any atom is -0.475 e. The Bertz CT molecular complexity index is 373. The fourth-order valence-corrected chi connectivity index (χ4v) is 1.70. The second-order valence-corrected chi connectivity index (χ2v) is 4.20. The summed E-state index contributed by atoms with van der Waals surface area (Å²) in [5.74, 6) is -0.330.